The van der Waals surface area contributed by atoms with Crippen molar-refractivity contribution in [2.45, 2.75) is 0 Å². The molecule has 2 aromatic rings. The number of nitriles is 1. The number of hydrogen-bond acceptors (Lipinski definition) is 3. The Kier molecular flexibility index (Phi) is 3.49. The zero-order valence-corrected chi connectivity index (χ0v) is 10.7. The summed E-state index contributed by atoms with van der Waals surface area (Å²) in [5, 5.41) is 9.02. The Bertz CT molecular complexity index is 637. The fourth-order valence-electron chi connectivity index (χ4n) is 1.42. The zero-order valence-electron chi connectivity index (χ0n) is 9.15. The number of rotatable bonds is 2. The largest absolute Gasteiger partial charge is 0.453 e. The van der Waals surface area contributed by atoms with Crippen LogP contribution in [0.4, 0.5) is 10.1 Å². The lowest BCUT2D eigenvalue weighted by atomic mass is 10.2. The van der Waals surface area contributed by atoms with Crippen molar-refractivity contribution in [1.29, 1.82) is 5.26 Å². The normalized spacial score (nSPS) is 9.83. The lowest BCUT2D eigenvalue weighted by Gasteiger charge is -2.09. The number of hydrogen-bond donors (Lipinski definition) is 1. The quantitative estimate of drug-likeness (QED) is 0.858. The van der Waals surface area contributed by atoms with E-state index in [4.69, 9.17) is 15.7 Å². The van der Waals surface area contributed by atoms with Crippen molar-refractivity contribution in [3.8, 4) is 17.6 Å². The first-order chi connectivity index (χ1) is 8.61. The van der Waals surface area contributed by atoms with Crippen LogP contribution in [0.2, 0.25) is 0 Å². The van der Waals surface area contributed by atoms with Crippen molar-refractivity contribution in [1.82, 2.24) is 0 Å². The molecule has 0 heterocycles. The van der Waals surface area contributed by atoms with E-state index < -0.39 is 5.82 Å². The number of nitrogen functional groups attached to an aromatic ring is 1. The molecule has 0 aliphatic carbocycles. The Morgan fingerprint density at radius 1 is 1.22 bits per heavy atom. The minimum Gasteiger partial charge on any atom is -0.453 e. The van der Waals surface area contributed by atoms with Crippen molar-refractivity contribution in [3.63, 3.8) is 0 Å². The number of ether oxygens (including phenoxy) is 1. The van der Waals surface area contributed by atoms with E-state index in [0.29, 0.717) is 15.7 Å². The van der Waals surface area contributed by atoms with Crippen LogP contribution in [0.15, 0.2) is 40.9 Å². The molecule has 0 bridgehead atoms. The molecule has 0 atom stereocenters. The molecule has 0 spiro atoms. The first-order valence-corrected chi connectivity index (χ1v) is 5.82. The predicted octanol–water partition coefficient (Wildman–Crippen LogP) is 3.83. The highest BCUT2D eigenvalue weighted by atomic mass is 79.9. The van der Waals surface area contributed by atoms with Gasteiger partial charge in [-0.3, -0.25) is 0 Å². The predicted molar refractivity (Wildman–Crippen MR) is 69.7 cm³/mol. The highest BCUT2D eigenvalue weighted by Crippen LogP contribution is 2.31. The van der Waals surface area contributed by atoms with E-state index in [1.807, 2.05) is 6.07 Å². The SMILES string of the molecule is N#Cc1c(Br)cccc1Oc1ccc(N)cc1F. The van der Waals surface area contributed by atoms with Gasteiger partial charge in [0.1, 0.15) is 17.4 Å². The molecule has 18 heavy (non-hydrogen) atoms. The van der Waals surface area contributed by atoms with Gasteiger partial charge in [-0.05, 0) is 40.2 Å². The maximum atomic E-state index is 13.6. The second-order valence-corrected chi connectivity index (χ2v) is 4.37. The minimum absolute atomic E-state index is 0.0267. The van der Waals surface area contributed by atoms with Crippen LogP contribution in [-0.2, 0) is 0 Å². The summed E-state index contributed by atoms with van der Waals surface area (Å²) in [7, 11) is 0. The maximum absolute atomic E-state index is 13.6. The van der Waals surface area contributed by atoms with E-state index in [0.717, 1.165) is 0 Å². The Labute approximate surface area is 112 Å². The molecular formula is C13H8BrFN2O. The van der Waals surface area contributed by atoms with Crippen LogP contribution in [0.5, 0.6) is 11.5 Å². The molecule has 0 fully saturated rings. The van der Waals surface area contributed by atoms with Crippen LogP contribution in [0, 0.1) is 17.1 Å². The average molecular weight is 307 g/mol. The van der Waals surface area contributed by atoms with Crippen molar-refractivity contribution in [2.24, 2.45) is 0 Å². The van der Waals surface area contributed by atoms with Crippen LogP contribution in [0.3, 0.4) is 0 Å². The summed E-state index contributed by atoms with van der Waals surface area (Å²) in [6.45, 7) is 0. The van der Waals surface area contributed by atoms with Crippen LogP contribution in [-0.4, -0.2) is 0 Å². The van der Waals surface area contributed by atoms with Gasteiger partial charge in [-0.25, -0.2) is 4.39 Å². The molecule has 2 rings (SSSR count). The Morgan fingerprint density at radius 3 is 2.67 bits per heavy atom. The molecule has 3 nitrogen and oxygen atoms in total. The van der Waals surface area contributed by atoms with Crippen molar-refractivity contribution in [3.05, 3.63) is 52.3 Å². The number of benzene rings is 2. The highest BCUT2D eigenvalue weighted by molar-refractivity contribution is 9.10. The highest BCUT2D eigenvalue weighted by Gasteiger charge is 2.11. The molecular weight excluding hydrogens is 299 g/mol. The van der Waals surface area contributed by atoms with E-state index >= 15 is 0 Å². The second-order valence-electron chi connectivity index (χ2n) is 3.52. The van der Waals surface area contributed by atoms with Crippen LogP contribution in [0.1, 0.15) is 5.56 Å². The second kappa shape index (κ2) is 5.07. The number of nitrogens with two attached hydrogens (primary N) is 1. The molecule has 2 aromatic carbocycles. The fraction of sp³-hybridized carbons (Fsp3) is 0. The third kappa shape index (κ3) is 2.44. The number of nitrogens with zero attached hydrogens (tertiary/aromatic N) is 1. The maximum Gasteiger partial charge on any atom is 0.167 e. The van der Waals surface area contributed by atoms with Gasteiger partial charge in [0.15, 0.2) is 11.6 Å². The van der Waals surface area contributed by atoms with Crippen molar-refractivity contribution in [2.75, 3.05) is 5.73 Å². The van der Waals surface area contributed by atoms with Crippen LogP contribution in [0.25, 0.3) is 0 Å². The molecule has 0 saturated heterocycles. The third-order valence-electron chi connectivity index (χ3n) is 2.26. The zero-order chi connectivity index (χ0) is 13.1. The van der Waals surface area contributed by atoms with Gasteiger partial charge in [0.2, 0.25) is 0 Å². The first kappa shape index (κ1) is 12.4. The molecule has 90 valence electrons. The third-order valence-corrected chi connectivity index (χ3v) is 2.92. The molecule has 0 saturated carbocycles. The molecule has 2 N–H and O–H groups in total. The van der Waals surface area contributed by atoms with E-state index in [1.54, 1.807) is 18.2 Å². The van der Waals surface area contributed by atoms with Gasteiger partial charge in [0.25, 0.3) is 0 Å². The topological polar surface area (TPSA) is 59.0 Å². The van der Waals surface area contributed by atoms with Crippen molar-refractivity contribution >= 4 is 21.6 Å². The van der Waals surface area contributed by atoms with E-state index in [9.17, 15) is 4.39 Å². The summed E-state index contributed by atoms with van der Waals surface area (Å²) in [6, 6.07) is 11.1. The summed E-state index contributed by atoms with van der Waals surface area (Å²) in [5.74, 6) is -0.256. The van der Waals surface area contributed by atoms with Crippen LogP contribution >= 0.6 is 15.9 Å². The molecule has 5 heteroatoms. The van der Waals surface area contributed by atoms with Gasteiger partial charge >= 0.3 is 0 Å². The van der Waals surface area contributed by atoms with E-state index in [1.165, 1.54) is 18.2 Å². The summed E-state index contributed by atoms with van der Waals surface area (Å²) in [6.07, 6.45) is 0. The Hall–Kier alpha value is -2.06. The van der Waals surface area contributed by atoms with E-state index in [-0.39, 0.29) is 11.5 Å². The number of halogens is 2. The summed E-state index contributed by atoms with van der Waals surface area (Å²) < 4.78 is 19.6. The molecule has 0 aliphatic heterocycles. The Balaban J connectivity index is 2.41. The summed E-state index contributed by atoms with van der Waals surface area (Å²) >= 11 is 3.23. The minimum atomic E-state index is -0.570. The van der Waals surface area contributed by atoms with Gasteiger partial charge in [0, 0.05) is 16.2 Å². The summed E-state index contributed by atoms with van der Waals surface area (Å²) in [4.78, 5) is 0. The molecule has 0 radical (unpaired) electrons. The van der Waals surface area contributed by atoms with Gasteiger partial charge in [0.05, 0.1) is 0 Å². The van der Waals surface area contributed by atoms with Crippen LogP contribution < -0.4 is 10.5 Å². The lowest BCUT2D eigenvalue weighted by Crippen LogP contribution is -1.93. The van der Waals surface area contributed by atoms with Gasteiger partial charge in [-0.15, -0.1) is 0 Å². The van der Waals surface area contributed by atoms with Gasteiger partial charge in [-0.1, -0.05) is 6.07 Å². The smallest absolute Gasteiger partial charge is 0.167 e. The average Bonchev–Trinajstić information content (AvgIpc) is 2.33. The fourth-order valence-corrected chi connectivity index (χ4v) is 1.85. The molecule has 0 aliphatic rings. The van der Waals surface area contributed by atoms with E-state index in [2.05, 4.69) is 15.9 Å². The summed E-state index contributed by atoms with van der Waals surface area (Å²) in [5.41, 5.74) is 6.07. The lowest BCUT2D eigenvalue weighted by molar-refractivity contribution is 0.441. The first-order valence-electron chi connectivity index (χ1n) is 5.03. The Morgan fingerprint density at radius 2 is 2.00 bits per heavy atom. The van der Waals surface area contributed by atoms with Gasteiger partial charge < -0.3 is 10.5 Å². The molecule has 0 aromatic heterocycles. The van der Waals surface area contributed by atoms with Gasteiger partial charge in [-0.2, -0.15) is 5.26 Å². The molecule has 0 unspecified atom stereocenters. The monoisotopic (exact) mass is 306 g/mol. The number of anilines is 1. The molecule has 0 amide bonds. The van der Waals surface area contributed by atoms with Crippen molar-refractivity contribution < 1.29 is 9.13 Å². The standard InChI is InChI=1S/C13H8BrFN2O/c14-10-2-1-3-12(9(10)7-16)18-13-5-4-8(17)6-11(13)15/h1-6H,17H2.